The molecule has 4 nitrogen and oxygen atoms in total. The van der Waals surface area contributed by atoms with Gasteiger partial charge in [0.05, 0.1) is 13.0 Å². The van der Waals surface area contributed by atoms with Gasteiger partial charge < -0.3 is 9.84 Å². The molecule has 2 unspecified atom stereocenters. The van der Waals surface area contributed by atoms with Crippen LogP contribution in [-0.4, -0.2) is 24.2 Å². The highest BCUT2D eigenvalue weighted by atomic mass is 16.5. The highest BCUT2D eigenvalue weighted by Gasteiger charge is 2.42. The first-order valence-electron chi connectivity index (χ1n) is 5.88. The summed E-state index contributed by atoms with van der Waals surface area (Å²) < 4.78 is 4.54. The molecule has 1 fully saturated rings. The fourth-order valence-electron chi connectivity index (χ4n) is 2.59. The van der Waals surface area contributed by atoms with Gasteiger partial charge >= 0.3 is 11.9 Å². The van der Waals surface area contributed by atoms with Crippen LogP contribution in [0.1, 0.15) is 33.1 Å². The van der Waals surface area contributed by atoms with Crippen molar-refractivity contribution in [2.24, 2.45) is 17.3 Å². The van der Waals surface area contributed by atoms with Crippen LogP contribution >= 0.6 is 0 Å². The SMILES string of the molecule is COC(=O)/C=C/C1CCCC(C(=O)O)C1(C)C. The van der Waals surface area contributed by atoms with Crippen molar-refractivity contribution in [3.63, 3.8) is 0 Å². The summed E-state index contributed by atoms with van der Waals surface area (Å²) in [5.41, 5.74) is -0.325. The highest BCUT2D eigenvalue weighted by Crippen LogP contribution is 2.45. The molecule has 0 spiro atoms. The van der Waals surface area contributed by atoms with Gasteiger partial charge in [0.25, 0.3) is 0 Å². The van der Waals surface area contributed by atoms with E-state index in [9.17, 15) is 14.7 Å². The second kappa shape index (κ2) is 5.34. The Bertz CT molecular complexity index is 330. The zero-order valence-corrected chi connectivity index (χ0v) is 10.6. The Morgan fingerprint density at radius 3 is 2.53 bits per heavy atom. The number of aliphatic carboxylic acids is 1. The summed E-state index contributed by atoms with van der Waals surface area (Å²) in [4.78, 5) is 22.2. The predicted molar refractivity (Wildman–Crippen MR) is 63.4 cm³/mol. The van der Waals surface area contributed by atoms with Crippen LogP contribution in [0.2, 0.25) is 0 Å². The van der Waals surface area contributed by atoms with Crippen molar-refractivity contribution in [3.05, 3.63) is 12.2 Å². The minimum atomic E-state index is -0.744. The van der Waals surface area contributed by atoms with Crippen LogP contribution in [0.3, 0.4) is 0 Å². The Morgan fingerprint density at radius 1 is 1.35 bits per heavy atom. The molecule has 0 bridgehead atoms. The lowest BCUT2D eigenvalue weighted by Crippen LogP contribution is -2.40. The summed E-state index contributed by atoms with van der Waals surface area (Å²) >= 11 is 0. The molecule has 2 atom stereocenters. The Balaban J connectivity index is 2.82. The maximum absolute atomic E-state index is 11.2. The number of carbonyl (C=O) groups is 2. The van der Waals surface area contributed by atoms with Gasteiger partial charge in [-0.15, -0.1) is 0 Å². The van der Waals surface area contributed by atoms with E-state index in [1.54, 1.807) is 6.08 Å². The lowest BCUT2D eigenvalue weighted by molar-refractivity contribution is -0.149. The molecule has 1 aliphatic rings. The van der Waals surface area contributed by atoms with E-state index in [0.29, 0.717) is 6.42 Å². The first-order chi connectivity index (χ1) is 7.89. The van der Waals surface area contributed by atoms with Gasteiger partial charge in [0.2, 0.25) is 0 Å². The van der Waals surface area contributed by atoms with Gasteiger partial charge in [0.1, 0.15) is 0 Å². The Kier molecular flexibility index (Phi) is 4.32. The molecule has 0 aromatic heterocycles. The van der Waals surface area contributed by atoms with E-state index < -0.39 is 11.9 Å². The molecule has 96 valence electrons. The standard InChI is InChI=1S/C13H20O4/c1-13(2)9(7-8-11(14)17-3)5-4-6-10(13)12(15)16/h7-10H,4-6H2,1-3H3,(H,15,16)/b8-7+. The second-order valence-corrected chi connectivity index (χ2v) is 5.13. The summed E-state index contributed by atoms with van der Waals surface area (Å²) in [5.74, 6) is -1.37. The van der Waals surface area contributed by atoms with E-state index in [-0.39, 0.29) is 17.3 Å². The number of methoxy groups -OCH3 is 1. The summed E-state index contributed by atoms with van der Waals surface area (Å²) in [6, 6.07) is 0. The molecule has 0 aromatic carbocycles. The number of hydrogen-bond acceptors (Lipinski definition) is 3. The quantitative estimate of drug-likeness (QED) is 0.607. The third-order valence-electron chi connectivity index (χ3n) is 3.83. The normalized spacial score (nSPS) is 27.9. The van der Waals surface area contributed by atoms with Gasteiger partial charge in [-0.3, -0.25) is 4.79 Å². The maximum atomic E-state index is 11.2. The van der Waals surface area contributed by atoms with Crippen LogP contribution in [-0.2, 0) is 14.3 Å². The first-order valence-corrected chi connectivity index (χ1v) is 5.88. The molecule has 0 amide bonds. The van der Waals surface area contributed by atoms with Crippen LogP contribution in [0.15, 0.2) is 12.2 Å². The molecule has 1 aliphatic carbocycles. The van der Waals surface area contributed by atoms with Gasteiger partial charge in [0.15, 0.2) is 0 Å². The molecule has 17 heavy (non-hydrogen) atoms. The number of allylic oxidation sites excluding steroid dienone is 1. The molecule has 1 N–H and O–H groups in total. The topological polar surface area (TPSA) is 63.6 Å². The van der Waals surface area contributed by atoms with Gasteiger partial charge in [0, 0.05) is 6.08 Å². The molecular weight excluding hydrogens is 220 g/mol. The predicted octanol–water partition coefficient (Wildman–Crippen LogP) is 2.24. The fourth-order valence-corrected chi connectivity index (χ4v) is 2.59. The third kappa shape index (κ3) is 3.08. The van der Waals surface area contributed by atoms with E-state index in [0.717, 1.165) is 12.8 Å². The van der Waals surface area contributed by atoms with Crippen LogP contribution in [0.25, 0.3) is 0 Å². The van der Waals surface area contributed by atoms with Crippen molar-refractivity contribution in [1.82, 2.24) is 0 Å². The number of carboxylic acids is 1. The number of hydrogen-bond donors (Lipinski definition) is 1. The average Bonchev–Trinajstić information content (AvgIpc) is 2.25. The average molecular weight is 240 g/mol. The fraction of sp³-hybridized carbons (Fsp3) is 0.692. The van der Waals surface area contributed by atoms with Crippen LogP contribution in [0, 0.1) is 17.3 Å². The molecule has 0 aromatic rings. The Labute approximate surface area is 102 Å². The van der Waals surface area contributed by atoms with Crippen LogP contribution in [0.5, 0.6) is 0 Å². The van der Waals surface area contributed by atoms with Crippen LogP contribution in [0.4, 0.5) is 0 Å². The number of rotatable bonds is 3. The largest absolute Gasteiger partial charge is 0.481 e. The van der Waals surface area contributed by atoms with Gasteiger partial charge in [-0.2, -0.15) is 0 Å². The van der Waals surface area contributed by atoms with E-state index in [1.165, 1.54) is 13.2 Å². The minimum Gasteiger partial charge on any atom is -0.481 e. The number of ether oxygens (including phenoxy) is 1. The highest BCUT2D eigenvalue weighted by molar-refractivity contribution is 5.81. The van der Waals surface area contributed by atoms with Gasteiger partial charge in [-0.05, 0) is 24.2 Å². The molecule has 0 heterocycles. The van der Waals surface area contributed by atoms with E-state index in [2.05, 4.69) is 4.74 Å². The Morgan fingerprint density at radius 2 is 2.00 bits per heavy atom. The summed E-state index contributed by atoms with van der Waals surface area (Å²) in [5, 5.41) is 9.20. The summed E-state index contributed by atoms with van der Waals surface area (Å²) in [6.07, 6.45) is 5.71. The summed E-state index contributed by atoms with van der Waals surface area (Å²) in [7, 11) is 1.33. The molecule has 1 saturated carbocycles. The molecule has 4 heteroatoms. The third-order valence-corrected chi connectivity index (χ3v) is 3.83. The maximum Gasteiger partial charge on any atom is 0.330 e. The number of carbonyl (C=O) groups excluding carboxylic acids is 1. The number of esters is 1. The smallest absolute Gasteiger partial charge is 0.330 e. The lowest BCUT2D eigenvalue weighted by atomic mass is 9.62. The first kappa shape index (κ1) is 13.7. The Hall–Kier alpha value is -1.32. The molecule has 1 rings (SSSR count). The monoisotopic (exact) mass is 240 g/mol. The van der Waals surface area contributed by atoms with E-state index in [4.69, 9.17) is 0 Å². The minimum absolute atomic E-state index is 0.108. The summed E-state index contributed by atoms with van der Waals surface area (Å²) in [6.45, 7) is 3.91. The number of carboxylic acid groups (broad SMARTS) is 1. The zero-order valence-electron chi connectivity index (χ0n) is 10.6. The van der Waals surface area contributed by atoms with Crippen LogP contribution < -0.4 is 0 Å². The molecule has 0 saturated heterocycles. The van der Waals surface area contributed by atoms with Crippen molar-refractivity contribution in [3.8, 4) is 0 Å². The van der Waals surface area contributed by atoms with Gasteiger partial charge in [-0.25, -0.2) is 4.79 Å². The lowest BCUT2D eigenvalue weighted by Gasteiger charge is -2.41. The van der Waals surface area contributed by atoms with Crippen molar-refractivity contribution < 1.29 is 19.4 Å². The molecule has 0 aliphatic heterocycles. The van der Waals surface area contributed by atoms with E-state index in [1.807, 2.05) is 13.8 Å². The second-order valence-electron chi connectivity index (χ2n) is 5.13. The van der Waals surface area contributed by atoms with Crippen molar-refractivity contribution in [2.75, 3.05) is 7.11 Å². The van der Waals surface area contributed by atoms with Crippen molar-refractivity contribution in [1.29, 1.82) is 0 Å². The van der Waals surface area contributed by atoms with Crippen molar-refractivity contribution in [2.45, 2.75) is 33.1 Å². The van der Waals surface area contributed by atoms with E-state index >= 15 is 0 Å². The van der Waals surface area contributed by atoms with Gasteiger partial charge in [-0.1, -0.05) is 26.3 Å². The van der Waals surface area contributed by atoms with Crippen molar-refractivity contribution >= 4 is 11.9 Å². The molecular formula is C13H20O4. The zero-order chi connectivity index (χ0) is 13.1. The molecule has 0 radical (unpaired) electrons.